The summed E-state index contributed by atoms with van der Waals surface area (Å²) in [4.78, 5) is 2.38. The molecule has 1 aliphatic heterocycles. The van der Waals surface area contributed by atoms with E-state index in [4.69, 9.17) is 10.5 Å². The number of aryl methyl sites for hydroxylation is 1. The summed E-state index contributed by atoms with van der Waals surface area (Å²) in [6.07, 6.45) is 2.11. The Morgan fingerprint density at radius 2 is 1.64 bits per heavy atom. The van der Waals surface area contributed by atoms with Crippen molar-refractivity contribution in [1.82, 2.24) is 0 Å². The molecular formula is C22H30N2O. The molecule has 0 saturated carbocycles. The number of anilines is 1. The lowest BCUT2D eigenvalue weighted by Crippen LogP contribution is -2.36. The van der Waals surface area contributed by atoms with Crippen LogP contribution in [0, 0.1) is 12.8 Å². The molecule has 1 heterocycles. The zero-order valence-electron chi connectivity index (χ0n) is 15.4. The first-order valence-electron chi connectivity index (χ1n) is 9.41. The Morgan fingerprint density at radius 3 is 2.24 bits per heavy atom. The summed E-state index contributed by atoms with van der Waals surface area (Å²) < 4.78 is 5.43. The van der Waals surface area contributed by atoms with Crippen LogP contribution in [0.3, 0.4) is 0 Å². The number of nitrogens with zero attached hydrogens (tertiary/aromatic N) is 1. The fraction of sp³-hybridized carbons (Fsp3) is 0.455. The van der Waals surface area contributed by atoms with Crippen LogP contribution in [0.5, 0.6) is 0 Å². The summed E-state index contributed by atoms with van der Waals surface area (Å²) in [6, 6.07) is 17.7. The van der Waals surface area contributed by atoms with E-state index in [1.807, 2.05) is 0 Å². The number of rotatable bonds is 6. The minimum Gasteiger partial charge on any atom is -0.378 e. The first-order valence-corrected chi connectivity index (χ1v) is 9.41. The molecule has 0 spiro atoms. The molecule has 0 aromatic heterocycles. The molecule has 2 atom stereocenters. The number of morpholine rings is 1. The first kappa shape index (κ1) is 18.0. The second-order valence-electron chi connectivity index (χ2n) is 7.07. The van der Waals surface area contributed by atoms with Crippen LogP contribution in [0.15, 0.2) is 48.5 Å². The first-order chi connectivity index (χ1) is 12.2. The van der Waals surface area contributed by atoms with E-state index < -0.39 is 0 Å². The Hall–Kier alpha value is -1.84. The summed E-state index contributed by atoms with van der Waals surface area (Å²) in [5, 5.41) is 0. The van der Waals surface area contributed by atoms with E-state index in [-0.39, 0.29) is 6.04 Å². The Bertz CT molecular complexity index is 645. The Labute approximate surface area is 151 Å². The van der Waals surface area contributed by atoms with Crippen LogP contribution in [0.25, 0.3) is 0 Å². The van der Waals surface area contributed by atoms with Gasteiger partial charge in [0.05, 0.1) is 13.2 Å². The Kier molecular flexibility index (Phi) is 6.11. The lowest BCUT2D eigenvalue weighted by Gasteiger charge is -2.29. The SMILES string of the molecule is CCC(Cc1ccc(C)cc1)C(N)c1ccc(N2CCOCC2)cc1. The van der Waals surface area contributed by atoms with Gasteiger partial charge in [0, 0.05) is 24.8 Å². The van der Waals surface area contributed by atoms with E-state index in [2.05, 4.69) is 67.3 Å². The molecule has 2 aromatic carbocycles. The molecule has 3 rings (SSSR count). The quantitative estimate of drug-likeness (QED) is 0.862. The zero-order valence-corrected chi connectivity index (χ0v) is 15.4. The van der Waals surface area contributed by atoms with Crippen molar-refractivity contribution in [3.05, 3.63) is 65.2 Å². The molecule has 2 aromatic rings. The monoisotopic (exact) mass is 338 g/mol. The fourth-order valence-electron chi connectivity index (χ4n) is 3.55. The summed E-state index contributed by atoms with van der Waals surface area (Å²) in [5.41, 5.74) is 11.8. The van der Waals surface area contributed by atoms with Gasteiger partial charge in [-0.3, -0.25) is 0 Å². The van der Waals surface area contributed by atoms with Gasteiger partial charge in [0.15, 0.2) is 0 Å². The molecule has 1 saturated heterocycles. The van der Waals surface area contributed by atoms with Crippen molar-refractivity contribution in [2.45, 2.75) is 32.7 Å². The van der Waals surface area contributed by atoms with Crippen LogP contribution in [-0.2, 0) is 11.2 Å². The van der Waals surface area contributed by atoms with E-state index in [0.29, 0.717) is 5.92 Å². The van der Waals surface area contributed by atoms with Gasteiger partial charge in [0.1, 0.15) is 0 Å². The second-order valence-corrected chi connectivity index (χ2v) is 7.07. The third kappa shape index (κ3) is 4.62. The van der Waals surface area contributed by atoms with Gasteiger partial charge in [-0.1, -0.05) is 55.3 Å². The molecule has 3 nitrogen and oxygen atoms in total. The Morgan fingerprint density at radius 1 is 1.00 bits per heavy atom. The molecule has 1 aliphatic rings. The molecule has 0 bridgehead atoms. The third-order valence-corrected chi connectivity index (χ3v) is 5.30. The predicted octanol–water partition coefficient (Wildman–Crippen LogP) is 4.10. The van der Waals surface area contributed by atoms with Crippen LogP contribution in [0.4, 0.5) is 5.69 Å². The maximum absolute atomic E-state index is 6.62. The van der Waals surface area contributed by atoms with Crippen molar-refractivity contribution >= 4 is 5.69 Å². The maximum atomic E-state index is 6.62. The van der Waals surface area contributed by atoms with Gasteiger partial charge >= 0.3 is 0 Å². The molecule has 0 aliphatic carbocycles. The van der Waals surface area contributed by atoms with E-state index in [0.717, 1.165) is 39.1 Å². The van der Waals surface area contributed by atoms with Gasteiger partial charge < -0.3 is 15.4 Å². The van der Waals surface area contributed by atoms with Crippen LogP contribution >= 0.6 is 0 Å². The maximum Gasteiger partial charge on any atom is 0.0642 e. The molecule has 3 heteroatoms. The highest BCUT2D eigenvalue weighted by molar-refractivity contribution is 5.48. The molecule has 134 valence electrons. The van der Waals surface area contributed by atoms with E-state index in [1.54, 1.807) is 0 Å². The minimum atomic E-state index is 0.0741. The summed E-state index contributed by atoms with van der Waals surface area (Å²) >= 11 is 0. The van der Waals surface area contributed by atoms with Crippen LogP contribution < -0.4 is 10.6 Å². The average molecular weight is 338 g/mol. The molecule has 0 radical (unpaired) electrons. The van der Waals surface area contributed by atoms with Crippen LogP contribution in [0.2, 0.25) is 0 Å². The van der Waals surface area contributed by atoms with Crippen molar-refractivity contribution in [3.63, 3.8) is 0 Å². The number of hydrogen-bond acceptors (Lipinski definition) is 3. The second kappa shape index (κ2) is 8.50. The molecule has 1 fully saturated rings. The highest BCUT2D eigenvalue weighted by Gasteiger charge is 2.19. The van der Waals surface area contributed by atoms with E-state index in [1.165, 1.54) is 22.4 Å². The van der Waals surface area contributed by atoms with Crippen LogP contribution in [0.1, 0.15) is 36.1 Å². The smallest absolute Gasteiger partial charge is 0.0642 e. The zero-order chi connectivity index (χ0) is 17.6. The standard InChI is InChI=1S/C22H30N2O/c1-3-19(16-18-6-4-17(2)5-7-18)22(23)20-8-10-21(11-9-20)24-12-14-25-15-13-24/h4-11,19,22H,3,12-16,23H2,1-2H3. The lowest BCUT2D eigenvalue weighted by molar-refractivity contribution is 0.122. The number of hydrogen-bond donors (Lipinski definition) is 1. The Balaban J connectivity index is 1.67. The van der Waals surface area contributed by atoms with Crippen molar-refractivity contribution in [2.75, 3.05) is 31.2 Å². The average Bonchev–Trinajstić information content (AvgIpc) is 2.68. The highest BCUT2D eigenvalue weighted by atomic mass is 16.5. The number of nitrogens with two attached hydrogens (primary N) is 1. The summed E-state index contributed by atoms with van der Waals surface area (Å²) in [7, 11) is 0. The van der Waals surface area contributed by atoms with Gasteiger partial charge in [-0.2, -0.15) is 0 Å². The largest absolute Gasteiger partial charge is 0.378 e. The number of benzene rings is 2. The van der Waals surface area contributed by atoms with Gasteiger partial charge in [-0.15, -0.1) is 0 Å². The third-order valence-electron chi connectivity index (χ3n) is 5.30. The molecule has 25 heavy (non-hydrogen) atoms. The van der Waals surface area contributed by atoms with Gasteiger partial charge in [-0.25, -0.2) is 0 Å². The fourth-order valence-corrected chi connectivity index (χ4v) is 3.55. The summed E-state index contributed by atoms with van der Waals surface area (Å²) in [5.74, 6) is 0.456. The van der Waals surface area contributed by atoms with E-state index >= 15 is 0 Å². The van der Waals surface area contributed by atoms with Gasteiger partial charge in [-0.05, 0) is 42.5 Å². The topological polar surface area (TPSA) is 38.5 Å². The van der Waals surface area contributed by atoms with Crippen molar-refractivity contribution in [1.29, 1.82) is 0 Å². The summed E-state index contributed by atoms with van der Waals surface area (Å²) in [6.45, 7) is 7.93. The molecule has 0 amide bonds. The van der Waals surface area contributed by atoms with E-state index in [9.17, 15) is 0 Å². The molecular weight excluding hydrogens is 308 g/mol. The van der Waals surface area contributed by atoms with Crippen LogP contribution in [-0.4, -0.2) is 26.3 Å². The minimum absolute atomic E-state index is 0.0741. The van der Waals surface area contributed by atoms with Gasteiger partial charge in [0.25, 0.3) is 0 Å². The lowest BCUT2D eigenvalue weighted by atomic mass is 9.86. The normalized spacial score (nSPS) is 17.3. The van der Waals surface area contributed by atoms with Crippen molar-refractivity contribution in [3.8, 4) is 0 Å². The molecule has 2 N–H and O–H groups in total. The van der Waals surface area contributed by atoms with Gasteiger partial charge in [0.2, 0.25) is 0 Å². The van der Waals surface area contributed by atoms with Crippen molar-refractivity contribution < 1.29 is 4.74 Å². The van der Waals surface area contributed by atoms with Crippen molar-refractivity contribution in [2.24, 2.45) is 11.7 Å². The molecule has 2 unspecified atom stereocenters. The number of ether oxygens (including phenoxy) is 1. The highest BCUT2D eigenvalue weighted by Crippen LogP contribution is 2.28. The predicted molar refractivity (Wildman–Crippen MR) is 105 cm³/mol.